The van der Waals surface area contributed by atoms with Gasteiger partial charge in [-0.2, -0.15) is 13.2 Å². The lowest BCUT2D eigenvalue weighted by molar-refractivity contribution is -0.0578. The molecule has 0 aromatic heterocycles. The first-order valence-electron chi connectivity index (χ1n) is 4.31. The largest absolute Gasteiger partial charge is 0.436 e. The highest BCUT2D eigenvalue weighted by atomic mass is 79.9. The lowest BCUT2D eigenvalue weighted by Gasteiger charge is -2.04. The SMILES string of the molecule is FC(F)(F)C1=N[N]C(c2ccccc2)=C1Br. The third-order valence-corrected chi connectivity index (χ3v) is 2.73. The predicted octanol–water partition coefficient (Wildman–Crippen LogP) is 3.29. The van der Waals surface area contributed by atoms with Gasteiger partial charge in [0.2, 0.25) is 0 Å². The Morgan fingerprint density at radius 2 is 1.69 bits per heavy atom. The quantitative estimate of drug-likeness (QED) is 0.759. The molecule has 0 saturated heterocycles. The third kappa shape index (κ3) is 1.97. The van der Waals surface area contributed by atoms with Crippen LogP contribution < -0.4 is 5.43 Å². The lowest BCUT2D eigenvalue weighted by Crippen LogP contribution is -2.21. The van der Waals surface area contributed by atoms with Crippen molar-refractivity contribution in [2.75, 3.05) is 0 Å². The molecule has 0 unspecified atom stereocenters. The van der Waals surface area contributed by atoms with Crippen LogP contribution in [0, 0.1) is 0 Å². The van der Waals surface area contributed by atoms with E-state index in [1.165, 1.54) is 0 Å². The van der Waals surface area contributed by atoms with E-state index in [4.69, 9.17) is 0 Å². The van der Waals surface area contributed by atoms with E-state index in [0.29, 0.717) is 5.56 Å². The number of alkyl halides is 3. The molecule has 2 nitrogen and oxygen atoms in total. The van der Waals surface area contributed by atoms with Crippen LogP contribution in [-0.4, -0.2) is 11.9 Å². The zero-order valence-electron chi connectivity index (χ0n) is 7.79. The molecule has 1 radical (unpaired) electrons. The Bertz CT molecular complexity index is 463. The van der Waals surface area contributed by atoms with Crippen LogP contribution >= 0.6 is 15.9 Å². The second-order valence-corrected chi connectivity index (χ2v) is 3.87. The number of hydrogen-bond donors (Lipinski definition) is 0. The molecule has 0 atom stereocenters. The molecule has 1 aliphatic heterocycles. The minimum atomic E-state index is -4.49. The molecule has 1 heterocycles. The molecule has 2 rings (SSSR count). The predicted molar refractivity (Wildman–Crippen MR) is 57.9 cm³/mol. The number of hydrogen-bond acceptors (Lipinski definition) is 1. The molecule has 1 aliphatic rings. The molecular formula is C10H5BrF3N2. The van der Waals surface area contributed by atoms with E-state index < -0.39 is 11.9 Å². The fraction of sp³-hybridized carbons (Fsp3) is 0.100. The second-order valence-electron chi connectivity index (χ2n) is 3.07. The van der Waals surface area contributed by atoms with Gasteiger partial charge in [0.25, 0.3) is 0 Å². The van der Waals surface area contributed by atoms with Crippen LogP contribution in [0.25, 0.3) is 5.70 Å². The van der Waals surface area contributed by atoms with Gasteiger partial charge in [-0.3, -0.25) is 0 Å². The zero-order valence-corrected chi connectivity index (χ0v) is 9.38. The van der Waals surface area contributed by atoms with Gasteiger partial charge in [0.15, 0.2) is 5.71 Å². The van der Waals surface area contributed by atoms with Crippen molar-refractivity contribution in [1.29, 1.82) is 0 Å². The summed E-state index contributed by atoms with van der Waals surface area (Å²) < 4.78 is 37.2. The summed E-state index contributed by atoms with van der Waals surface area (Å²) in [5.41, 5.74) is 3.34. The maximum atomic E-state index is 12.4. The minimum Gasteiger partial charge on any atom is -0.164 e. The summed E-state index contributed by atoms with van der Waals surface area (Å²) in [6, 6.07) is 8.58. The Morgan fingerprint density at radius 3 is 2.19 bits per heavy atom. The maximum absolute atomic E-state index is 12.4. The van der Waals surface area contributed by atoms with Crippen molar-refractivity contribution in [3.8, 4) is 0 Å². The number of nitrogens with zero attached hydrogens (tertiary/aromatic N) is 2. The van der Waals surface area contributed by atoms with E-state index in [-0.39, 0.29) is 10.2 Å². The fourth-order valence-electron chi connectivity index (χ4n) is 1.26. The summed E-state index contributed by atoms with van der Waals surface area (Å²) >= 11 is 2.88. The number of halogens is 4. The molecule has 0 amide bonds. The Balaban J connectivity index is 2.38. The van der Waals surface area contributed by atoms with Gasteiger partial charge in [-0.25, -0.2) is 0 Å². The van der Waals surface area contributed by atoms with Gasteiger partial charge in [0.1, 0.15) is 5.70 Å². The molecule has 16 heavy (non-hydrogen) atoms. The van der Waals surface area contributed by atoms with Crippen molar-refractivity contribution in [3.05, 3.63) is 40.4 Å². The third-order valence-electron chi connectivity index (χ3n) is 1.98. The van der Waals surface area contributed by atoms with E-state index in [0.717, 1.165) is 0 Å². The zero-order chi connectivity index (χ0) is 11.8. The van der Waals surface area contributed by atoms with Gasteiger partial charge in [-0.05, 0) is 15.9 Å². The van der Waals surface area contributed by atoms with Gasteiger partial charge in [-0.1, -0.05) is 30.3 Å². The minimum absolute atomic E-state index is 0.119. The first kappa shape index (κ1) is 11.2. The molecule has 0 bridgehead atoms. The molecule has 0 fully saturated rings. The molecule has 83 valence electrons. The van der Waals surface area contributed by atoms with Gasteiger partial charge in [0.05, 0.1) is 4.48 Å². The summed E-state index contributed by atoms with van der Waals surface area (Å²) in [5.74, 6) is 0. The molecule has 1 aromatic carbocycles. The summed E-state index contributed by atoms with van der Waals surface area (Å²) in [4.78, 5) is 0. The van der Waals surface area contributed by atoms with Crippen molar-refractivity contribution in [2.45, 2.75) is 6.18 Å². The van der Waals surface area contributed by atoms with Crippen LogP contribution in [0.5, 0.6) is 0 Å². The summed E-state index contributed by atoms with van der Waals surface area (Å²) in [6.45, 7) is 0. The topological polar surface area (TPSA) is 26.5 Å². The van der Waals surface area contributed by atoms with Crippen molar-refractivity contribution in [1.82, 2.24) is 5.43 Å². The highest BCUT2D eigenvalue weighted by molar-refractivity contribution is 9.12. The van der Waals surface area contributed by atoms with E-state index in [2.05, 4.69) is 26.5 Å². The standard InChI is InChI=1S/C10H5BrF3N2/c11-7-8(6-4-2-1-3-5-6)15-16-9(7)10(12,13)14/h1-5H. The van der Waals surface area contributed by atoms with Crippen molar-refractivity contribution >= 4 is 27.3 Å². The number of benzene rings is 1. The Kier molecular flexibility index (Phi) is 2.75. The monoisotopic (exact) mass is 289 g/mol. The Labute approximate surface area is 98.0 Å². The molecule has 1 aromatic rings. The Hall–Kier alpha value is -1.30. The van der Waals surface area contributed by atoms with Crippen LogP contribution in [0.2, 0.25) is 0 Å². The van der Waals surface area contributed by atoms with Gasteiger partial charge < -0.3 is 0 Å². The first-order chi connectivity index (χ1) is 7.50. The molecule has 0 aliphatic carbocycles. The molecule has 0 spiro atoms. The number of allylic oxidation sites excluding steroid dienone is 1. The molecular weight excluding hydrogens is 285 g/mol. The van der Waals surface area contributed by atoms with Crippen LogP contribution in [0.3, 0.4) is 0 Å². The normalized spacial score (nSPS) is 16.1. The van der Waals surface area contributed by atoms with Gasteiger partial charge >= 0.3 is 6.18 Å². The molecule has 6 heteroatoms. The van der Waals surface area contributed by atoms with Gasteiger partial charge in [-0.15, -0.1) is 10.5 Å². The summed E-state index contributed by atoms with van der Waals surface area (Å²) in [6.07, 6.45) is -4.49. The lowest BCUT2D eigenvalue weighted by atomic mass is 10.1. The average Bonchev–Trinajstić information content (AvgIpc) is 2.61. The van der Waals surface area contributed by atoms with Gasteiger partial charge in [0, 0.05) is 5.56 Å². The summed E-state index contributed by atoms with van der Waals surface area (Å²) in [5, 5.41) is 3.14. The van der Waals surface area contributed by atoms with Crippen molar-refractivity contribution in [3.63, 3.8) is 0 Å². The highest BCUT2D eigenvalue weighted by Gasteiger charge is 2.42. The van der Waals surface area contributed by atoms with E-state index in [1.54, 1.807) is 30.3 Å². The van der Waals surface area contributed by atoms with Crippen LogP contribution in [0.1, 0.15) is 5.56 Å². The van der Waals surface area contributed by atoms with E-state index in [9.17, 15) is 13.2 Å². The van der Waals surface area contributed by atoms with Crippen molar-refractivity contribution < 1.29 is 13.2 Å². The fourth-order valence-corrected chi connectivity index (χ4v) is 1.87. The van der Waals surface area contributed by atoms with Crippen LogP contribution in [-0.2, 0) is 0 Å². The van der Waals surface area contributed by atoms with E-state index >= 15 is 0 Å². The second kappa shape index (κ2) is 3.93. The maximum Gasteiger partial charge on any atom is 0.436 e. The van der Waals surface area contributed by atoms with E-state index in [1.807, 2.05) is 0 Å². The van der Waals surface area contributed by atoms with Crippen LogP contribution in [0.15, 0.2) is 39.9 Å². The number of rotatable bonds is 1. The molecule has 0 N–H and O–H groups in total. The highest BCUT2D eigenvalue weighted by Crippen LogP contribution is 2.34. The Morgan fingerprint density at radius 1 is 1.06 bits per heavy atom. The molecule has 0 saturated carbocycles. The summed E-state index contributed by atoms with van der Waals surface area (Å²) in [7, 11) is 0. The van der Waals surface area contributed by atoms with Crippen LogP contribution in [0.4, 0.5) is 13.2 Å². The smallest absolute Gasteiger partial charge is 0.164 e. The first-order valence-corrected chi connectivity index (χ1v) is 5.11. The van der Waals surface area contributed by atoms with Crippen molar-refractivity contribution in [2.24, 2.45) is 5.10 Å². The average molecular weight is 290 g/mol.